The molecule has 0 unspecified atom stereocenters. The van der Waals surface area contributed by atoms with Crippen LogP contribution >= 0.6 is 11.6 Å². The minimum Gasteiger partial charge on any atom is -0.273 e. The fraction of sp³-hybridized carbons (Fsp3) is 0.136. The molecular weight excluding hydrogens is 390 g/mol. The van der Waals surface area contributed by atoms with Crippen LogP contribution < -0.4 is 9.96 Å². The second kappa shape index (κ2) is 6.99. The van der Waals surface area contributed by atoms with Crippen molar-refractivity contribution in [1.29, 1.82) is 0 Å². The Labute approximate surface area is 172 Å². The Bertz CT molecular complexity index is 1080. The van der Waals surface area contributed by atoms with Crippen LogP contribution in [0.2, 0.25) is 5.02 Å². The third kappa shape index (κ3) is 2.88. The van der Waals surface area contributed by atoms with Crippen LogP contribution in [0.3, 0.4) is 0 Å². The van der Waals surface area contributed by atoms with Crippen LogP contribution in [0.4, 0.5) is 11.4 Å². The number of hydroxylamine groups is 1. The molecule has 0 radical (unpaired) electrons. The minimum atomic E-state index is -0.903. The van der Waals surface area contributed by atoms with Gasteiger partial charge in [0.25, 0.3) is 5.91 Å². The molecule has 0 aliphatic carbocycles. The maximum atomic E-state index is 13.4. The summed E-state index contributed by atoms with van der Waals surface area (Å²) >= 11 is 6.07. The average Bonchev–Trinajstić information content (AvgIpc) is 3.26. The number of para-hydroxylation sites is 1. The number of rotatable bonds is 3. The molecule has 7 heteroatoms. The summed E-state index contributed by atoms with van der Waals surface area (Å²) in [5.74, 6) is -1.37. The van der Waals surface area contributed by atoms with E-state index in [1.807, 2.05) is 42.5 Å². The van der Waals surface area contributed by atoms with Gasteiger partial charge in [-0.1, -0.05) is 35.9 Å². The maximum Gasteiger partial charge on any atom is 0.266 e. The SMILES string of the molecule is O=C1[C@@H]2[C@H](ON(c3ccccc3)[C@H]2c2ccncc2)C(=O)N1c1cccc(Cl)c1. The highest BCUT2D eigenvalue weighted by Gasteiger charge is 2.60. The van der Waals surface area contributed by atoms with Gasteiger partial charge in [-0.3, -0.25) is 19.4 Å². The number of carbonyl (C=O) groups excluding carboxylic acids is 2. The van der Waals surface area contributed by atoms with Gasteiger partial charge in [-0.15, -0.1) is 0 Å². The first-order chi connectivity index (χ1) is 14.1. The number of imide groups is 1. The van der Waals surface area contributed by atoms with Crippen molar-refractivity contribution < 1.29 is 14.4 Å². The highest BCUT2D eigenvalue weighted by atomic mass is 35.5. The van der Waals surface area contributed by atoms with Gasteiger partial charge in [-0.2, -0.15) is 0 Å². The number of amides is 2. The lowest BCUT2D eigenvalue weighted by molar-refractivity contribution is -0.126. The van der Waals surface area contributed by atoms with Gasteiger partial charge in [0.1, 0.15) is 5.92 Å². The molecule has 2 amide bonds. The summed E-state index contributed by atoms with van der Waals surface area (Å²) in [7, 11) is 0. The van der Waals surface area contributed by atoms with E-state index < -0.39 is 18.1 Å². The zero-order valence-electron chi connectivity index (χ0n) is 15.2. The number of aromatic nitrogens is 1. The van der Waals surface area contributed by atoms with E-state index in [0.29, 0.717) is 10.7 Å². The monoisotopic (exact) mass is 405 g/mol. The van der Waals surface area contributed by atoms with Crippen LogP contribution in [0.15, 0.2) is 79.1 Å². The highest BCUT2D eigenvalue weighted by molar-refractivity contribution is 6.31. The number of halogens is 1. The van der Waals surface area contributed by atoms with Gasteiger partial charge in [0.15, 0.2) is 6.10 Å². The number of hydrogen-bond donors (Lipinski definition) is 0. The number of hydrogen-bond acceptors (Lipinski definition) is 5. The van der Waals surface area contributed by atoms with Crippen LogP contribution in [0.1, 0.15) is 11.6 Å². The molecular formula is C22H16ClN3O3. The van der Waals surface area contributed by atoms with Crippen molar-refractivity contribution in [3.63, 3.8) is 0 Å². The van der Waals surface area contributed by atoms with Crippen molar-refractivity contribution in [3.05, 3.63) is 89.7 Å². The predicted octanol–water partition coefficient (Wildman–Crippen LogP) is 3.79. The lowest BCUT2D eigenvalue weighted by Crippen LogP contribution is -2.37. The first-order valence-electron chi connectivity index (χ1n) is 9.19. The summed E-state index contributed by atoms with van der Waals surface area (Å²) in [5.41, 5.74) is 2.08. The van der Waals surface area contributed by atoms with Gasteiger partial charge in [-0.25, -0.2) is 9.96 Å². The summed E-state index contributed by atoms with van der Waals surface area (Å²) in [6, 6.07) is 19.4. The Morgan fingerprint density at radius 2 is 1.59 bits per heavy atom. The summed E-state index contributed by atoms with van der Waals surface area (Å²) in [4.78, 5) is 37.9. The molecule has 0 saturated carbocycles. The average molecular weight is 406 g/mol. The molecule has 3 aromatic rings. The van der Waals surface area contributed by atoms with E-state index in [2.05, 4.69) is 4.98 Å². The Morgan fingerprint density at radius 3 is 2.31 bits per heavy atom. The van der Waals surface area contributed by atoms with Crippen LogP contribution in [0.5, 0.6) is 0 Å². The molecule has 5 rings (SSSR count). The largest absolute Gasteiger partial charge is 0.273 e. The third-order valence-electron chi connectivity index (χ3n) is 5.24. The number of nitrogens with zero attached hydrogens (tertiary/aromatic N) is 3. The zero-order valence-corrected chi connectivity index (χ0v) is 15.9. The van der Waals surface area contributed by atoms with E-state index in [9.17, 15) is 9.59 Å². The van der Waals surface area contributed by atoms with Crippen LogP contribution in [0.25, 0.3) is 0 Å². The first-order valence-corrected chi connectivity index (χ1v) is 9.57. The van der Waals surface area contributed by atoms with E-state index in [1.165, 1.54) is 4.90 Å². The first kappa shape index (κ1) is 17.8. The third-order valence-corrected chi connectivity index (χ3v) is 5.48. The van der Waals surface area contributed by atoms with E-state index in [1.54, 1.807) is 41.7 Å². The van der Waals surface area contributed by atoms with Crippen molar-refractivity contribution in [2.75, 3.05) is 9.96 Å². The Kier molecular flexibility index (Phi) is 4.30. The molecule has 1 aromatic heterocycles. The number of carbonyl (C=O) groups is 2. The fourth-order valence-electron chi connectivity index (χ4n) is 3.98. The number of fused-ring (bicyclic) bond motifs is 1. The summed E-state index contributed by atoms with van der Waals surface area (Å²) in [6.45, 7) is 0. The summed E-state index contributed by atoms with van der Waals surface area (Å²) in [5, 5.41) is 2.12. The van der Waals surface area contributed by atoms with Crippen molar-refractivity contribution in [3.8, 4) is 0 Å². The van der Waals surface area contributed by atoms with Crippen molar-refractivity contribution in [1.82, 2.24) is 4.98 Å². The molecule has 2 saturated heterocycles. The molecule has 6 nitrogen and oxygen atoms in total. The maximum absolute atomic E-state index is 13.4. The quantitative estimate of drug-likeness (QED) is 0.620. The molecule has 2 fully saturated rings. The Balaban J connectivity index is 1.59. The standard InChI is InChI=1S/C22H16ClN3O3/c23-15-5-4-8-17(13-15)25-21(27)18-19(14-9-11-24-12-10-14)26(29-20(18)22(25)28)16-6-2-1-3-7-16/h1-13,18-20H/t18-,19-,20-/m0/s1. The number of anilines is 2. The minimum absolute atomic E-state index is 0.303. The van der Waals surface area contributed by atoms with Crippen molar-refractivity contribution in [2.24, 2.45) is 5.92 Å². The molecule has 0 bridgehead atoms. The van der Waals surface area contributed by atoms with Crippen molar-refractivity contribution >= 4 is 34.8 Å². The molecule has 2 aliphatic rings. The van der Waals surface area contributed by atoms with Gasteiger partial charge in [0, 0.05) is 17.4 Å². The second-order valence-corrected chi connectivity index (χ2v) is 7.37. The predicted molar refractivity (Wildman–Crippen MR) is 108 cm³/mol. The number of pyridine rings is 1. The smallest absolute Gasteiger partial charge is 0.266 e. The molecule has 3 heterocycles. The highest BCUT2D eigenvalue weighted by Crippen LogP contribution is 2.47. The fourth-order valence-corrected chi connectivity index (χ4v) is 4.17. The van der Waals surface area contributed by atoms with E-state index in [-0.39, 0.29) is 11.8 Å². The topological polar surface area (TPSA) is 62.7 Å². The summed E-state index contributed by atoms with van der Waals surface area (Å²) in [6.07, 6.45) is 2.43. The van der Waals surface area contributed by atoms with E-state index in [0.717, 1.165) is 11.3 Å². The molecule has 29 heavy (non-hydrogen) atoms. The van der Waals surface area contributed by atoms with E-state index >= 15 is 0 Å². The van der Waals surface area contributed by atoms with Gasteiger partial charge >= 0.3 is 0 Å². The van der Waals surface area contributed by atoms with Crippen LogP contribution in [-0.4, -0.2) is 22.9 Å². The van der Waals surface area contributed by atoms with Gasteiger partial charge in [-0.05, 0) is 48.0 Å². The Hall–Kier alpha value is -3.22. The number of benzene rings is 2. The molecule has 2 aromatic carbocycles. The van der Waals surface area contributed by atoms with Crippen LogP contribution in [-0.2, 0) is 14.4 Å². The van der Waals surface area contributed by atoms with Crippen LogP contribution in [0, 0.1) is 5.92 Å². The molecule has 0 N–H and O–H groups in total. The summed E-state index contributed by atoms with van der Waals surface area (Å²) < 4.78 is 0. The normalized spacial score (nSPS) is 23.6. The lowest BCUT2D eigenvalue weighted by Gasteiger charge is -2.28. The molecule has 144 valence electrons. The molecule has 2 aliphatic heterocycles. The zero-order chi connectivity index (χ0) is 20.0. The van der Waals surface area contributed by atoms with Gasteiger partial charge in [0.2, 0.25) is 5.91 Å². The van der Waals surface area contributed by atoms with Crippen molar-refractivity contribution in [2.45, 2.75) is 12.1 Å². The second-order valence-electron chi connectivity index (χ2n) is 6.93. The Morgan fingerprint density at radius 1 is 0.862 bits per heavy atom. The lowest BCUT2D eigenvalue weighted by atomic mass is 9.91. The molecule has 0 spiro atoms. The molecule has 3 atom stereocenters. The van der Waals surface area contributed by atoms with E-state index in [4.69, 9.17) is 16.4 Å². The van der Waals surface area contributed by atoms with Gasteiger partial charge < -0.3 is 0 Å². The van der Waals surface area contributed by atoms with Gasteiger partial charge in [0.05, 0.1) is 17.4 Å².